The second-order valence-corrected chi connectivity index (χ2v) is 6.03. The Morgan fingerprint density at radius 2 is 1.89 bits per heavy atom. The number of anilines is 1. The lowest BCUT2D eigenvalue weighted by molar-refractivity contribution is -0.137. The Morgan fingerprint density at radius 3 is 2.68 bits per heavy atom. The molecule has 2 aromatic rings. The van der Waals surface area contributed by atoms with Gasteiger partial charge < -0.3 is 24.8 Å². The van der Waals surface area contributed by atoms with Gasteiger partial charge in [-0.1, -0.05) is 18.2 Å². The summed E-state index contributed by atoms with van der Waals surface area (Å²) in [5.41, 5.74) is 2.55. The molecule has 0 aliphatic carbocycles. The molecule has 0 unspecified atom stereocenters. The third kappa shape index (κ3) is 5.51. The molecule has 0 spiro atoms. The van der Waals surface area contributed by atoms with Gasteiger partial charge in [0, 0.05) is 18.3 Å². The molecule has 1 aliphatic heterocycles. The monoisotopic (exact) mass is 382 g/mol. The first-order valence-corrected chi connectivity index (χ1v) is 9.02. The molecular weight excluding hydrogens is 360 g/mol. The maximum absolute atomic E-state index is 12.0. The Labute approximate surface area is 163 Å². The summed E-state index contributed by atoms with van der Waals surface area (Å²) >= 11 is 0. The van der Waals surface area contributed by atoms with Crippen LogP contribution in [-0.4, -0.2) is 31.9 Å². The lowest BCUT2D eigenvalue weighted by Gasteiger charge is -2.08. The maximum atomic E-state index is 12.0. The Bertz CT molecular complexity index is 862. The summed E-state index contributed by atoms with van der Waals surface area (Å²) in [7, 11) is 0. The van der Waals surface area contributed by atoms with Crippen molar-refractivity contribution in [2.24, 2.45) is 0 Å². The molecule has 1 aliphatic rings. The van der Waals surface area contributed by atoms with Gasteiger partial charge in [0.05, 0.1) is 6.61 Å². The van der Waals surface area contributed by atoms with Gasteiger partial charge in [0.1, 0.15) is 0 Å². The van der Waals surface area contributed by atoms with Crippen LogP contribution in [0.1, 0.15) is 18.1 Å². The van der Waals surface area contributed by atoms with E-state index in [9.17, 15) is 9.59 Å². The molecule has 1 heterocycles. The van der Waals surface area contributed by atoms with Crippen LogP contribution in [0, 0.1) is 0 Å². The summed E-state index contributed by atoms with van der Waals surface area (Å²) in [5, 5.41) is 5.59. The number of carbonyl (C=O) groups is 2. The molecule has 146 valence electrons. The summed E-state index contributed by atoms with van der Waals surface area (Å²) in [6, 6.07) is 12.6. The van der Waals surface area contributed by atoms with E-state index in [1.807, 2.05) is 18.2 Å². The molecule has 28 heavy (non-hydrogen) atoms. The van der Waals surface area contributed by atoms with Crippen molar-refractivity contribution < 1.29 is 23.8 Å². The van der Waals surface area contributed by atoms with Gasteiger partial charge in [-0.05, 0) is 54.8 Å². The fourth-order valence-corrected chi connectivity index (χ4v) is 2.62. The normalized spacial score (nSPS) is 12.0. The summed E-state index contributed by atoms with van der Waals surface area (Å²) in [4.78, 5) is 23.3. The maximum Gasteiger partial charge on any atom is 0.330 e. The molecule has 2 amide bonds. The minimum Gasteiger partial charge on any atom is -0.463 e. The van der Waals surface area contributed by atoms with E-state index in [1.54, 1.807) is 37.3 Å². The first-order chi connectivity index (χ1) is 13.6. The van der Waals surface area contributed by atoms with E-state index in [0.29, 0.717) is 25.3 Å². The summed E-state index contributed by atoms with van der Waals surface area (Å²) < 4.78 is 15.5. The van der Waals surface area contributed by atoms with Crippen molar-refractivity contribution >= 4 is 23.8 Å². The van der Waals surface area contributed by atoms with Crippen LogP contribution < -0.4 is 20.1 Å². The average molecular weight is 382 g/mol. The highest BCUT2D eigenvalue weighted by Crippen LogP contribution is 2.32. The van der Waals surface area contributed by atoms with Gasteiger partial charge >= 0.3 is 12.0 Å². The minimum atomic E-state index is -0.383. The number of ether oxygens (including phenoxy) is 3. The second kappa shape index (κ2) is 9.45. The molecule has 0 saturated heterocycles. The van der Waals surface area contributed by atoms with Crippen molar-refractivity contribution in [2.45, 2.75) is 13.3 Å². The van der Waals surface area contributed by atoms with Gasteiger partial charge in [0.15, 0.2) is 11.5 Å². The fraction of sp³-hybridized carbons (Fsp3) is 0.238. The molecule has 0 atom stereocenters. The van der Waals surface area contributed by atoms with Crippen LogP contribution in [0.3, 0.4) is 0 Å². The highest BCUT2D eigenvalue weighted by Gasteiger charge is 2.13. The summed E-state index contributed by atoms with van der Waals surface area (Å²) in [5.74, 6) is 1.10. The number of benzene rings is 2. The molecule has 0 saturated carbocycles. The summed E-state index contributed by atoms with van der Waals surface area (Å²) in [6.45, 7) is 2.84. The number of carbonyl (C=O) groups excluding carboxylic acids is 2. The largest absolute Gasteiger partial charge is 0.463 e. The van der Waals surface area contributed by atoms with Crippen LogP contribution in [0.5, 0.6) is 11.5 Å². The Hall–Kier alpha value is -3.48. The van der Waals surface area contributed by atoms with Gasteiger partial charge in [0.25, 0.3) is 0 Å². The zero-order valence-electron chi connectivity index (χ0n) is 15.6. The average Bonchev–Trinajstić information content (AvgIpc) is 3.15. The summed E-state index contributed by atoms with van der Waals surface area (Å²) in [6.07, 6.45) is 3.71. The lowest BCUT2D eigenvalue weighted by Crippen LogP contribution is -2.30. The number of hydrogen-bond acceptors (Lipinski definition) is 5. The highest BCUT2D eigenvalue weighted by molar-refractivity contribution is 5.90. The van der Waals surface area contributed by atoms with Gasteiger partial charge in [-0.2, -0.15) is 0 Å². The molecule has 7 heteroatoms. The number of urea groups is 1. The Morgan fingerprint density at radius 1 is 1.11 bits per heavy atom. The topological polar surface area (TPSA) is 85.9 Å². The minimum absolute atomic E-state index is 0.247. The van der Waals surface area contributed by atoms with E-state index in [4.69, 9.17) is 14.2 Å². The molecule has 7 nitrogen and oxygen atoms in total. The van der Waals surface area contributed by atoms with E-state index < -0.39 is 0 Å². The second-order valence-electron chi connectivity index (χ2n) is 6.03. The van der Waals surface area contributed by atoms with Crippen LogP contribution >= 0.6 is 0 Å². The quantitative estimate of drug-likeness (QED) is 0.567. The number of rotatable bonds is 7. The van der Waals surface area contributed by atoms with E-state index in [0.717, 1.165) is 22.6 Å². The van der Waals surface area contributed by atoms with Gasteiger partial charge in [-0.25, -0.2) is 9.59 Å². The van der Waals surface area contributed by atoms with E-state index in [2.05, 4.69) is 10.6 Å². The zero-order valence-corrected chi connectivity index (χ0v) is 15.6. The molecule has 0 bridgehead atoms. The van der Waals surface area contributed by atoms with E-state index >= 15 is 0 Å². The Balaban J connectivity index is 1.42. The van der Waals surface area contributed by atoms with Gasteiger partial charge in [-0.15, -0.1) is 0 Å². The van der Waals surface area contributed by atoms with Crippen molar-refractivity contribution in [1.29, 1.82) is 0 Å². The standard InChI is InChI=1S/C21H22N2O5/c1-2-26-20(24)10-6-15-3-7-17(8-4-15)23-21(25)22-12-11-16-5-9-18-19(13-16)28-14-27-18/h3-10,13H,2,11-12,14H2,1H3,(H2,22,23,25)/b10-6-. The van der Waals surface area contributed by atoms with Crippen LogP contribution in [0.2, 0.25) is 0 Å². The molecule has 0 fully saturated rings. The van der Waals surface area contributed by atoms with Crippen molar-refractivity contribution in [1.82, 2.24) is 5.32 Å². The number of hydrogen-bond donors (Lipinski definition) is 2. The highest BCUT2D eigenvalue weighted by atomic mass is 16.7. The molecule has 3 rings (SSSR count). The molecule has 0 aromatic heterocycles. The van der Waals surface area contributed by atoms with Gasteiger partial charge in [-0.3, -0.25) is 0 Å². The van der Waals surface area contributed by atoms with Crippen molar-refractivity contribution in [3.05, 3.63) is 59.7 Å². The van der Waals surface area contributed by atoms with Crippen LogP contribution in [0.15, 0.2) is 48.5 Å². The predicted octanol–water partition coefficient (Wildman–Crippen LogP) is 3.36. The predicted molar refractivity (Wildman–Crippen MR) is 105 cm³/mol. The van der Waals surface area contributed by atoms with Crippen LogP contribution in [0.25, 0.3) is 6.08 Å². The third-order valence-electron chi connectivity index (χ3n) is 4.00. The van der Waals surface area contributed by atoms with Crippen molar-refractivity contribution in [2.75, 3.05) is 25.3 Å². The zero-order chi connectivity index (χ0) is 19.8. The first-order valence-electron chi connectivity index (χ1n) is 9.02. The molecular formula is C21H22N2O5. The smallest absolute Gasteiger partial charge is 0.330 e. The SMILES string of the molecule is CCOC(=O)/C=C\c1ccc(NC(=O)NCCc2ccc3c(c2)OCO3)cc1. The number of esters is 1. The van der Waals surface area contributed by atoms with E-state index in [-0.39, 0.29) is 18.8 Å². The Kier molecular flexibility index (Phi) is 6.51. The fourth-order valence-electron chi connectivity index (χ4n) is 2.62. The van der Waals surface area contributed by atoms with Crippen LogP contribution in [0.4, 0.5) is 10.5 Å². The van der Waals surface area contributed by atoms with E-state index in [1.165, 1.54) is 6.08 Å². The number of amides is 2. The number of nitrogens with one attached hydrogen (secondary N) is 2. The molecule has 2 aromatic carbocycles. The van der Waals surface area contributed by atoms with Gasteiger partial charge in [0.2, 0.25) is 6.79 Å². The van der Waals surface area contributed by atoms with Crippen molar-refractivity contribution in [3.8, 4) is 11.5 Å². The lowest BCUT2D eigenvalue weighted by atomic mass is 10.1. The molecule has 0 radical (unpaired) electrons. The molecule has 2 N–H and O–H groups in total. The van der Waals surface area contributed by atoms with Crippen LogP contribution in [-0.2, 0) is 16.0 Å². The first kappa shape index (κ1) is 19.3. The van der Waals surface area contributed by atoms with Crippen molar-refractivity contribution in [3.63, 3.8) is 0 Å². The number of fused-ring (bicyclic) bond motifs is 1. The third-order valence-corrected chi connectivity index (χ3v) is 4.00.